The van der Waals surface area contributed by atoms with Crippen LogP contribution in [0.15, 0.2) is 47.3 Å². The van der Waals surface area contributed by atoms with Crippen LogP contribution < -0.4 is 15.0 Å². The Hall–Kier alpha value is -3.35. The normalized spacial score (nSPS) is 18.8. The number of ether oxygens (including phenoxy) is 2. The van der Waals surface area contributed by atoms with Crippen molar-refractivity contribution in [2.24, 2.45) is 11.8 Å². The second kappa shape index (κ2) is 8.41. The standard InChI is InChI=1S/C24H27N3O4/c1-15-11-16(2)14-26(13-15)24(29)22-18-7-5-6-8-19(18)23(28)27(25-22)20-10-9-17(30-3)12-21(20)31-4/h5-10,12,15-16H,11,13-14H2,1-4H3. The minimum Gasteiger partial charge on any atom is -0.497 e. The van der Waals surface area contributed by atoms with Crippen molar-refractivity contribution in [1.82, 2.24) is 14.7 Å². The largest absolute Gasteiger partial charge is 0.497 e. The molecule has 2 aromatic carbocycles. The lowest BCUT2D eigenvalue weighted by Crippen LogP contribution is -2.43. The van der Waals surface area contributed by atoms with E-state index in [0.29, 0.717) is 52.9 Å². The van der Waals surface area contributed by atoms with E-state index in [1.807, 2.05) is 11.0 Å². The maximum absolute atomic E-state index is 13.6. The lowest BCUT2D eigenvalue weighted by molar-refractivity contribution is 0.0617. The highest BCUT2D eigenvalue weighted by atomic mass is 16.5. The van der Waals surface area contributed by atoms with Crippen LogP contribution in [0.1, 0.15) is 30.8 Å². The lowest BCUT2D eigenvalue weighted by Gasteiger charge is -2.35. The van der Waals surface area contributed by atoms with E-state index in [9.17, 15) is 9.59 Å². The van der Waals surface area contributed by atoms with Crippen molar-refractivity contribution in [3.63, 3.8) is 0 Å². The summed E-state index contributed by atoms with van der Waals surface area (Å²) in [6.07, 6.45) is 1.10. The van der Waals surface area contributed by atoms with Gasteiger partial charge in [-0.25, -0.2) is 0 Å². The number of carbonyl (C=O) groups excluding carboxylic acids is 1. The number of piperidine rings is 1. The van der Waals surface area contributed by atoms with Crippen molar-refractivity contribution < 1.29 is 14.3 Å². The molecule has 2 unspecified atom stereocenters. The van der Waals surface area contributed by atoms with Crippen LogP contribution in [0, 0.1) is 11.8 Å². The van der Waals surface area contributed by atoms with Gasteiger partial charge >= 0.3 is 0 Å². The van der Waals surface area contributed by atoms with E-state index in [4.69, 9.17) is 9.47 Å². The molecule has 1 aliphatic heterocycles. The molecule has 3 aromatic rings. The van der Waals surface area contributed by atoms with Crippen LogP contribution in [0.5, 0.6) is 11.5 Å². The maximum Gasteiger partial charge on any atom is 0.279 e. The van der Waals surface area contributed by atoms with Crippen LogP contribution >= 0.6 is 0 Å². The van der Waals surface area contributed by atoms with Gasteiger partial charge in [0.2, 0.25) is 0 Å². The van der Waals surface area contributed by atoms with E-state index >= 15 is 0 Å². The van der Waals surface area contributed by atoms with Gasteiger partial charge in [-0.15, -0.1) is 0 Å². The molecular formula is C24H27N3O4. The predicted octanol–water partition coefficient (Wildman–Crippen LogP) is 3.52. The molecule has 2 heterocycles. The van der Waals surface area contributed by atoms with Gasteiger partial charge in [-0.1, -0.05) is 32.0 Å². The summed E-state index contributed by atoms with van der Waals surface area (Å²) < 4.78 is 12.0. The van der Waals surface area contributed by atoms with Crippen LogP contribution in [0.4, 0.5) is 0 Å². The second-order valence-corrected chi connectivity index (χ2v) is 8.31. The summed E-state index contributed by atoms with van der Waals surface area (Å²) in [6.45, 7) is 5.68. The van der Waals surface area contributed by atoms with Crippen molar-refractivity contribution in [2.75, 3.05) is 27.3 Å². The van der Waals surface area contributed by atoms with Crippen LogP contribution in [-0.4, -0.2) is 47.9 Å². The average Bonchev–Trinajstić information content (AvgIpc) is 2.78. The van der Waals surface area contributed by atoms with Crippen LogP contribution in [-0.2, 0) is 0 Å². The molecule has 7 nitrogen and oxygen atoms in total. The first kappa shape index (κ1) is 20.9. The molecule has 0 aliphatic carbocycles. The molecule has 2 atom stereocenters. The molecule has 1 aliphatic rings. The summed E-state index contributed by atoms with van der Waals surface area (Å²) in [7, 11) is 3.08. The third kappa shape index (κ3) is 3.87. The number of hydrogen-bond donors (Lipinski definition) is 0. The monoisotopic (exact) mass is 421 g/mol. The second-order valence-electron chi connectivity index (χ2n) is 8.31. The Morgan fingerprint density at radius 1 is 1.00 bits per heavy atom. The SMILES string of the molecule is COc1ccc(-n2nc(C(=O)N3CC(C)CC(C)C3)c3ccccc3c2=O)c(OC)c1. The highest BCUT2D eigenvalue weighted by Gasteiger charge is 2.29. The first-order chi connectivity index (χ1) is 14.9. The van der Waals surface area contributed by atoms with Crippen LogP contribution in [0.2, 0.25) is 0 Å². The van der Waals surface area contributed by atoms with Crippen molar-refractivity contribution in [1.29, 1.82) is 0 Å². The Morgan fingerprint density at radius 3 is 2.32 bits per heavy atom. The zero-order valence-corrected chi connectivity index (χ0v) is 18.3. The number of aromatic nitrogens is 2. The van der Waals surface area contributed by atoms with E-state index < -0.39 is 0 Å². The molecular weight excluding hydrogens is 394 g/mol. The molecule has 31 heavy (non-hydrogen) atoms. The number of nitrogens with zero attached hydrogens (tertiary/aromatic N) is 3. The Bertz CT molecular complexity index is 1180. The molecule has 1 saturated heterocycles. The van der Waals surface area contributed by atoms with Crippen LogP contribution in [0.25, 0.3) is 16.5 Å². The van der Waals surface area contributed by atoms with Gasteiger partial charge in [0.05, 0.1) is 19.6 Å². The number of fused-ring (bicyclic) bond motifs is 1. The molecule has 1 fully saturated rings. The topological polar surface area (TPSA) is 73.7 Å². The number of methoxy groups -OCH3 is 2. The van der Waals surface area contributed by atoms with Gasteiger partial charge in [0.25, 0.3) is 11.5 Å². The fourth-order valence-electron chi connectivity index (χ4n) is 4.45. The Labute approximate surface area is 181 Å². The quantitative estimate of drug-likeness (QED) is 0.644. The van der Waals surface area contributed by atoms with Gasteiger partial charge in [0.15, 0.2) is 5.69 Å². The fraction of sp³-hybridized carbons (Fsp3) is 0.375. The molecule has 0 N–H and O–H groups in total. The average molecular weight is 421 g/mol. The van der Waals surface area contributed by atoms with Gasteiger partial charge in [0, 0.05) is 24.5 Å². The summed E-state index contributed by atoms with van der Waals surface area (Å²) in [4.78, 5) is 28.7. The predicted molar refractivity (Wildman–Crippen MR) is 119 cm³/mol. The number of benzene rings is 2. The molecule has 1 amide bonds. The van der Waals surface area contributed by atoms with Gasteiger partial charge < -0.3 is 14.4 Å². The number of likely N-dealkylation sites (tertiary alicyclic amines) is 1. The summed E-state index contributed by atoms with van der Waals surface area (Å²) >= 11 is 0. The van der Waals surface area contributed by atoms with Gasteiger partial charge in [-0.05, 0) is 36.5 Å². The number of hydrogen-bond acceptors (Lipinski definition) is 5. The number of carbonyl (C=O) groups is 1. The molecule has 1 aromatic heterocycles. The Kier molecular flexibility index (Phi) is 5.67. The smallest absolute Gasteiger partial charge is 0.279 e. The van der Waals surface area contributed by atoms with Crippen molar-refractivity contribution in [3.8, 4) is 17.2 Å². The van der Waals surface area contributed by atoms with Gasteiger partial charge in [-0.3, -0.25) is 9.59 Å². The molecule has 0 saturated carbocycles. The lowest BCUT2D eigenvalue weighted by atomic mass is 9.91. The zero-order chi connectivity index (χ0) is 22.1. The third-order valence-electron chi connectivity index (χ3n) is 5.78. The van der Waals surface area contributed by atoms with E-state index in [1.54, 1.807) is 43.5 Å². The van der Waals surface area contributed by atoms with Crippen molar-refractivity contribution in [3.05, 3.63) is 58.5 Å². The minimum absolute atomic E-state index is 0.157. The molecule has 0 spiro atoms. The summed E-state index contributed by atoms with van der Waals surface area (Å²) in [5, 5.41) is 5.56. The van der Waals surface area contributed by atoms with E-state index in [2.05, 4.69) is 18.9 Å². The maximum atomic E-state index is 13.6. The summed E-state index contributed by atoms with van der Waals surface area (Å²) in [5.74, 6) is 1.72. The van der Waals surface area contributed by atoms with Crippen molar-refractivity contribution >= 4 is 16.7 Å². The molecule has 7 heteroatoms. The Morgan fingerprint density at radius 2 is 1.68 bits per heavy atom. The number of rotatable bonds is 4. The number of amides is 1. The molecule has 0 radical (unpaired) electrons. The van der Waals surface area contributed by atoms with E-state index in [-0.39, 0.29) is 17.2 Å². The van der Waals surface area contributed by atoms with Crippen LogP contribution in [0.3, 0.4) is 0 Å². The minimum atomic E-state index is -0.309. The molecule has 0 bridgehead atoms. The first-order valence-corrected chi connectivity index (χ1v) is 10.5. The van der Waals surface area contributed by atoms with Gasteiger partial charge in [0.1, 0.15) is 17.2 Å². The fourth-order valence-corrected chi connectivity index (χ4v) is 4.45. The highest BCUT2D eigenvalue weighted by Crippen LogP contribution is 2.28. The summed E-state index contributed by atoms with van der Waals surface area (Å²) in [5.41, 5.74) is 0.416. The molecule has 4 rings (SSSR count). The van der Waals surface area contributed by atoms with Crippen molar-refractivity contribution in [2.45, 2.75) is 20.3 Å². The first-order valence-electron chi connectivity index (χ1n) is 10.5. The van der Waals surface area contributed by atoms with Gasteiger partial charge in [-0.2, -0.15) is 9.78 Å². The highest BCUT2D eigenvalue weighted by molar-refractivity contribution is 6.05. The molecule has 162 valence electrons. The Balaban J connectivity index is 1.91. The summed E-state index contributed by atoms with van der Waals surface area (Å²) in [6, 6.07) is 12.2. The zero-order valence-electron chi connectivity index (χ0n) is 18.3. The van der Waals surface area contributed by atoms with E-state index in [0.717, 1.165) is 6.42 Å². The third-order valence-corrected chi connectivity index (χ3v) is 5.78. The van der Waals surface area contributed by atoms with E-state index in [1.165, 1.54) is 11.8 Å².